The average molecular weight is 266 g/mol. The van der Waals surface area contributed by atoms with Crippen LogP contribution in [0.25, 0.3) is 0 Å². The molecule has 0 radical (unpaired) electrons. The Bertz CT molecular complexity index is 434. The molecule has 19 heavy (non-hydrogen) atoms. The van der Waals surface area contributed by atoms with Gasteiger partial charge in [-0.1, -0.05) is 12.1 Å². The maximum atomic E-state index is 11.8. The Morgan fingerprint density at radius 2 is 1.95 bits per heavy atom. The van der Waals surface area contributed by atoms with Crippen molar-refractivity contribution in [2.45, 2.75) is 6.92 Å². The first-order valence-corrected chi connectivity index (χ1v) is 5.98. The van der Waals surface area contributed by atoms with E-state index in [4.69, 9.17) is 15.2 Å². The number of esters is 2. The predicted molar refractivity (Wildman–Crippen MR) is 70.9 cm³/mol. The van der Waals surface area contributed by atoms with Crippen molar-refractivity contribution in [1.29, 1.82) is 0 Å². The molecule has 3 N–H and O–H groups in total. The van der Waals surface area contributed by atoms with Gasteiger partial charge in [0.1, 0.15) is 13.2 Å². The van der Waals surface area contributed by atoms with Crippen molar-refractivity contribution < 1.29 is 19.1 Å². The minimum Gasteiger partial charge on any atom is -0.464 e. The van der Waals surface area contributed by atoms with E-state index in [0.29, 0.717) is 17.8 Å². The fraction of sp³-hybridized carbons (Fsp3) is 0.385. The molecule has 6 nitrogen and oxygen atoms in total. The normalized spacial score (nSPS) is 9.79. The van der Waals surface area contributed by atoms with E-state index < -0.39 is 5.97 Å². The maximum Gasteiger partial charge on any atom is 0.340 e. The molecule has 0 amide bonds. The molecule has 0 aliphatic rings. The van der Waals surface area contributed by atoms with Crippen LogP contribution in [0, 0.1) is 0 Å². The number of ether oxygens (including phenoxy) is 2. The molecule has 0 heterocycles. The van der Waals surface area contributed by atoms with Crippen LogP contribution in [-0.4, -0.2) is 38.2 Å². The molecule has 1 aromatic carbocycles. The zero-order chi connectivity index (χ0) is 14.1. The van der Waals surface area contributed by atoms with E-state index in [0.717, 1.165) is 0 Å². The van der Waals surface area contributed by atoms with Gasteiger partial charge in [-0.15, -0.1) is 0 Å². The van der Waals surface area contributed by atoms with E-state index in [1.165, 1.54) is 6.92 Å². The largest absolute Gasteiger partial charge is 0.464 e. The molecule has 0 atom stereocenters. The Hall–Kier alpha value is -2.08. The highest BCUT2D eigenvalue weighted by molar-refractivity contribution is 5.95. The van der Waals surface area contributed by atoms with Gasteiger partial charge >= 0.3 is 11.9 Å². The summed E-state index contributed by atoms with van der Waals surface area (Å²) in [5.74, 6) is -0.765. The predicted octanol–water partition coefficient (Wildman–Crippen LogP) is 0.777. The Morgan fingerprint density at radius 3 is 2.63 bits per heavy atom. The Labute approximate surface area is 111 Å². The zero-order valence-electron chi connectivity index (χ0n) is 10.8. The third-order valence-electron chi connectivity index (χ3n) is 2.22. The van der Waals surface area contributed by atoms with Crippen LogP contribution in [0.5, 0.6) is 0 Å². The Morgan fingerprint density at radius 1 is 1.21 bits per heavy atom. The number of carbonyl (C=O) groups is 2. The number of carbonyl (C=O) groups excluding carboxylic acids is 2. The number of nitrogens with two attached hydrogens (primary N) is 1. The molecule has 0 aliphatic carbocycles. The first-order chi connectivity index (χ1) is 9.15. The van der Waals surface area contributed by atoms with Crippen molar-refractivity contribution in [1.82, 2.24) is 0 Å². The van der Waals surface area contributed by atoms with Gasteiger partial charge in [-0.05, 0) is 12.1 Å². The topological polar surface area (TPSA) is 90.6 Å². The lowest BCUT2D eigenvalue weighted by atomic mass is 10.2. The molecule has 0 saturated heterocycles. The van der Waals surface area contributed by atoms with Crippen LogP contribution in [0.2, 0.25) is 0 Å². The molecule has 6 heteroatoms. The SMILES string of the molecule is CC(=O)OCCNc1ccccc1C(=O)OCCN. The van der Waals surface area contributed by atoms with Crippen LogP contribution in [0.4, 0.5) is 5.69 Å². The van der Waals surface area contributed by atoms with Gasteiger partial charge in [0.2, 0.25) is 0 Å². The summed E-state index contributed by atoms with van der Waals surface area (Å²) in [6.45, 7) is 2.47. The van der Waals surface area contributed by atoms with E-state index in [9.17, 15) is 9.59 Å². The van der Waals surface area contributed by atoms with Gasteiger partial charge in [0.15, 0.2) is 0 Å². The molecule has 0 aromatic heterocycles. The van der Waals surface area contributed by atoms with Crippen molar-refractivity contribution in [3.8, 4) is 0 Å². The van der Waals surface area contributed by atoms with Crippen molar-refractivity contribution in [2.75, 3.05) is 31.6 Å². The Balaban J connectivity index is 2.57. The van der Waals surface area contributed by atoms with E-state index in [1.54, 1.807) is 24.3 Å². The fourth-order valence-corrected chi connectivity index (χ4v) is 1.43. The highest BCUT2D eigenvalue weighted by Gasteiger charge is 2.11. The Kier molecular flexibility index (Phi) is 6.38. The number of para-hydroxylation sites is 1. The summed E-state index contributed by atoms with van der Waals surface area (Å²) >= 11 is 0. The molecule has 0 bridgehead atoms. The van der Waals surface area contributed by atoms with Crippen molar-refractivity contribution in [2.24, 2.45) is 5.73 Å². The first-order valence-electron chi connectivity index (χ1n) is 5.98. The van der Waals surface area contributed by atoms with Gasteiger partial charge in [0.05, 0.1) is 5.56 Å². The van der Waals surface area contributed by atoms with Crippen molar-refractivity contribution >= 4 is 17.6 Å². The van der Waals surface area contributed by atoms with Gasteiger partial charge in [-0.2, -0.15) is 0 Å². The molecule has 0 aliphatic heterocycles. The highest BCUT2D eigenvalue weighted by Crippen LogP contribution is 2.15. The lowest BCUT2D eigenvalue weighted by Gasteiger charge is -2.11. The minimum absolute atomic E-state index is 0.181. The lowest BCUT2D eigenvalue weighted by molar-refractivity contribution is -0.140. The van der Waals surface area contributed by atoms with E-state index in [-0.39, 0.29) is 25.7 Å². The van der Waals surface area contributed by atoms with Crippen LogP contribution in [0.15, 0.2) is 24.3 Å². The van der Waals surface area contributed by atoms with E-state index >= 15 is 0 Å². The minimum atomic E-state index is -0.430. The molecule has 0 unspecified atom stereocenters. The molecule has 0 spiro atoms. The standard InChI is InChI=1S/C13H18N2O4/c1-10(16)18-9-7-15-12-5-3-2-4-11(12)13(17)19-8-6-14/h2-5,15H,6-9,14H2,1H3. The van der Waals surface area contributed by atoms with Crippen LogP contribution < -0.4 is 11.1 Å². The quantitative estimate of drug-likeness (QED) is 0.560. The second kappa shape index (κ2) is 8.10. The summed E-state index contributed by atoms with van der Waals surface area (Å²) in [4.78, 5) is 22.4. The monoisotopic (exact) mass is 266 g/mol. The second-order valence-electron chi connectivity index (χ2n) is 3.74. The third kappa shape index (κ3) is 5.39. The summed E-state index contributed by atoms with van der Waals surface area (Å²) in [5, 5.41) is 3.02. The molecule has 1 aromatic rings. The van der Waals surface area contributed by atoms with Gasteiger partial charge in [-0.3, -0.25) is 4.79 Å². The summed E-state index contributed by atoms with van der Waals surface area (Å²) < 4.78 is 9.77. The van der Waals surface area contributed by atoms with Crippen molar-refractivity contribution in [3.63, 3.8) is 0 Å². The number of benzene rings is 1. The fourth-order valence-electron chi connectivity index (χ4n) is 1.43. The van der Waals surface area contributed by atoms with Gasteiger partial charge in [0.25, 0.3) is 0 Å². The highest BCUT2D eigenvalue weighted by atomic mass is 16.5. The first kappa shape index (κ1) is 15.0. The van der Waals surface area contributed by atoms with Crippen molar-refractivity contribution in [3.05, 3.63) is 29.8 Å². The molecular weight excluding hydrogens is 248 g/mol. The molecule has 0 fully saturated rings. The summed E-state index contributed by atoms with van der Waals surface area (Å²) in [6, 6.07) is 6.96. The average Bonchev–Trinajstić information content (AvgIpc) is 2.41. The number of rotatable bonds is 7. The third-order valence-corrected chi connectivity index (χ3v) is 2.22. The molecule has 104 valence electrons. The molecule has 1 rings (SSSR count). The molecule has 0 saturated carbocycles. The number of hydrogen-bond acceptors (Lipinski definition) is 6. The van der Waals surface area contributed by atoms with E-state index in [1.807, 2.05) is 0 Å². The number of nitrogens with one attached hydrogen (secondary N) is 1. The van der Waals surface area contributed by atoms with Crippen LogP contribution in [0.3, 0.4) is 0 Å². The van der Waals surface area contributed by atoms with Gasteiger partial charge < -0.3 is 20.5 Å². The van der Waals surface area contributed by atoms with Gasteiger partial charge in [-0.25, -0.2) is 4.79 Å². The second-order valence-corrected chi connectivity index (χ2v) is 3.74. The van der Waals surface area contributed by atoms with Crippen LogP contribution in [-0.2, 0) is 14.3 Å². The summed E-state index contributed by atoms with van der Waals surface area (Å²) in [7, 11) is 0. The number of hydrogen-bond donors (Lipinski definition) is 2. The van der Waals surface area contributed by atoms with Crippen LogP contribution >= 0.6 is 0 Å². The summed E-state index contributed by atoms with van der Waals surface area (Å²) in [6.07, 6.45) is 0. The lowest BCUT2D eigenvalue weighted by Crippen LogP contribution is -2.17. The van der Waals surface area contributed by atoms with Gasteiger partial charge in [0, 0.05) is 25.7 Å². The maximum absolute atomic E-state index is 11.8. The van der Waals surface area contributed by atoms with E-state index in [2.05, 4.69) is 5.32 Å². The van der Waals surface area contributed by atoms with Crippen LogP contribution in [0.1, 0.15) is 17.3 Å². The number of anilines is 1. The molecular formula is C13H18N2O4. The zero-order valence-corrected chi connectivity index (χ0v) is 10.8. The summed E-state index contributed by atoms with van der Waals surface area (Å²) in [5.41, 5.74) is 6.34. The smallest absolute Gasteiger partial charge is 0.340 e.